The second-order valence-corrected chi connectivity index (χ2v) is 6.89. The maximum Gasteiger partial charge on any atom is 0.232 e. The number of anilines is 2. The first-order valence-corrected chi connectivity index (χ1v) is 8.91. The molecule has 128 valence electrons. The Hall–Kier alpha value is -2.62. The zero-order chi connectivity index (χ0) is 17.4. The van der Waals surface area contributed by atoms with Gasteiger partial charge in [-0.05, 0) is 30.5 Å². The number of para-hydroxylation sites is 2. The van der Waals surface area contributed by atoms with Gasteiger partial charge in [-0.1, -0.05) is 48.9 Å². The minimum absolute atomic E-state index is 0.0127. The van der Waals surface area contributed by atoms with E-state index in [1.807, 2.05) is 64.4 Å². The van der Waals surface area contributed by atoms with Crippen molar-refractivity contribution in [1.82, 2.24) is 0 Å². The molecule has 0 bridgehead atoms. The number of carbonyl (C=O) groups excluding carboxylic acids is 2. The quantitative estimate of drug-likeness (QED) is 0.839. The van der Waals surface area contributed by atoms with Crippen LogP contribution in [-0.4, -0.2) is 17.9 Å². The molecule has 1 fully saturated rings. The van der Waals surface area contributed by atoms with Gasteiger partial charge in [-0.2, -0.15) is 0 Å². The second kappa shape index (κ2) is 6.36. The van der Waals surface area contributed by atoms with E-state index >= 15 is 0 Å². The normalized spacial score (nSPS) is 22.4. The number of nitrogens with zero attached hydrogens (tertiary/aromatic N) is 2. The molecule has 0 radical (unpaired) electrons. The first kappa shape index (κ1) is 15.9. The van der Waals surface area contributed by atoms with Crippen LogP contribution in [0, 0.1) is 5.92 Å². The zero-order valence-electron chi connectivity index (χ0n) is 14.4. The van der Waals surface area contributed by atoms with Gasteiger partial charge in [0.25, 0.3) is 0 Å². The Morgan fingerprint density at radius 1 is 1.00 bits per heavy atom. The summed E-state index contributed by atoms with van der Waals surface area (Å²) in [4.78, 5) is 29.5. The Morgan fingerprint density at radius 2 is 1.68 bits per heavy atom. The van der Waals surface area contributed by atoms with Gasteiger partial charge in [0.15, 0.2) is 0 Å². The standard InChI is InChI=1S/C21H22N2O2/c1-15(24)23-18-13-7-10-17(18)21(25)22(14-16-8-3-2-4-9-16)19-11-5-6-12-20(19)23/h2-6,8-9,11-12,17-18H,7,10,13-14H2,1H3/t17-,18+/m0/s1. The molecule has 2 amide bonds. The molecular formula is C21H22N2O2. The van der Waals surface area contributed by atoms with Crippen molar-refractivity contribution in [2.75, 3.05) is 9.80 Å². The fourth-order valence-corrected chi connectivity index (χ4v) is 4.26. The lowest BCUT2D eigenvalue weighted by atomic mass is 10.0. The Kier molecular flexibility index (Phi) is 4.04. The molecule has 0 unspecified atom stereocenters. The zero-order valence-corrected chi connectivity index (χ0v) is 14.4. The van der Waals surface area contributed by atoms with Gasteiger partial charge in [0.05, 0.1) is 23.8 Å². The van der Waals surface area contributed by atoms with E-state index in [-0.39, 0.29) is 23.8 Å². The SMILES string of the molecule is CC(=O)N1c2ccccc2N(Cc2ccccc2)C(=O)[C@H]2CCC[C@H]21. The Labute approximate surface area is 148 Å². The molecule has 2 aromatic carbocycles. The largest absolute Gasteiger partial charge is 0.307 e. The summed E-state index contributed by atoms with van der Waals surface area (Å²) in [6.07, 6.45) is 2.74. The molecule has 25 heavy (non-hydrogen) atoms. The van der Waals surface area contributed by atoms with E-state index in [1.165, 1.54) is 0 Å². The van der Waals surface area contributed by atoms with Crippen molar-refractivity contribution >= 4 is 23.2 Å². The summed E-state index contributed by atoms with van der Waals surface area (Å²) in [5.74, 6) is 0.0428. The molecule has 1 heterocycles. The van der Waals surface area contributed by atoms with Crippen LogP contribution < -0.4 is 9.80 Å². The molecule has 0 saturated heterocycles. The van der Waals surface area contributed by atoms with Crippen molar-refractivity contribution in [3.63, 3.8) is 0 Å². The lowest BCUT2D eigenvalue weighted by Crippen LogP contribution is -2.44. The second-order valence-electron chi connectivity index (χ2n) is 6.89. The van der Waals surface area contributed by atoms with E-state index in [9.17, 15) is 9.59 Å². The van der Waals surface area contributed by atoms with Crippen molar-refractivity contribution < 1.29 is 9.59 Å². The topological polar surface area (TPSA) is 40.6 Å². The summed E-state index contributed by atoms with van der Waals surface area (Å²) in [5.41, 5.74) is 2.78. The number of hydrogen-bond acceptors (Lipinski definition) is 2. The van der Waals surface area contributed by atoms with Crippen LogP contribution in [0.25, 0.3) is 0 Å². The van der Waals surface area contributed by atoms with Crippen LogP contribution in [0.15, 0.2) is 54.6 Å². The van der Waals surface area contributed by atoms with E-state index in [0.717, 1.165) is 36.2 Å². The monoisotopic (exact) mass is 334 g/mol. The fourth-order valence-electron chi connectivity index (χ4n) is 4.26. The molecular weight excluding hydrogens is 312 g/mol. The summed E-state index contributed by atoms with van der Waals surface area (Å²) in [7, 11) is 0. The lowest BCUT2D eigenvalue weighted by Gasteiger charge is -2.29. The molecule has 2 aromatic rings. The molecule has 0 N–H and O–H groups in total. The number of hydrogen-bond donors (Lipinski definition) is 0. The van der Waals surface area contributed by atoms with Gasteiger partial charge in [0.2, 0.25) is 11.8 Å². The molecule has 0 aromatic heterocycles. The smallest absolute Gasteiger partial charge is 0.232 e. The highest BCUT2D eigenvalue weighted by molar-refractivity contribution is 6.06. The summed E-state index contributed by atoms with van der Waals surface area (Å²) in [5, 5.41) is 0. The molecule has 2 atom stereocenters. The maximum absolute atomic E-state index is 13.4. The summed E-state index contributed by atoms with van der Waals surface area (Å²) < 4.78 is 0. The fraction of sp³-hybridized carbons (Fsp3) is 0.333. The third kappa shape index (κ3) is 2.72. The van der Waals surface area contributed by atoms with Crippen molar-refractivity contribution in [3.8, 4) is 0 Å². The van der Waals surface area contributed by atoms with Gasteiger partial charge < -0.3 is 9.80 Å². The molecule has 4 rings (SSSR count). The van der Waals surface area contributed by atoms with E-state index in [1.54, 1.807) is 6.92 Å². The first-order valence-electron chi connectivity index (χ1n) is 8.91. The van der Waals surface area contributed by atoms with Crippen LogP contribution in [0.5, 0.6) is 0 Å². The van der Waals surface area contributed by atoms with Crippen molar-refractivity contribution in [3.05, 3.63) is 60.2 Å². The average Bonchev–Trinajstić information content (AvgIpc) is 3.06. The number of amides is 2. The summed E-state index contributed by atoms with van der Waals surface area (Å²) >= 11 is 0. The molecule has 4 nitrogen and oxygen atoms in total. The van der Waals surface area contributed by atoms with Gasteiger partial charge in [-0.15, -0.1) is 0 Å². The van der Waals surface area contributed by atoms with Crippen LogP contribution in [0.2, 0.25) is 0 Å². The molecule has 2 aliphatic rings. The number of benzene rings is 2. The van der Waals surface area contributed by atoms with Gasteiger partial charge in [0.1, 0.15) is 0 Å². The van der Waals surface area contributed by atoms with Crippen LogP contribution >= 0.6 is 0 Å². The molecule has 1 aliphatic carbocycles. The third-order valence-corrected chi connectivity index (χ3v) is 5.35. The van der Waals surface area contributed by atoms with Gasteiger partial charge >= 0.3 is 0 Å². The van der Waals surface area contributed by atoms with E-state index in [4.69, 9.17) is 0 Å². The molecule has 1 aliphatic heterocycles. The third-order valence-electron chi connectivity index (χ3n) is 5.35. The van der Waals surface area contributed by atoms with E-state index < -0.39 is 0 Å². The first-order chi connectivity index (χ1) is 12.2. The van der Waals surface area contributed by atoms with Crippen LogP contribution in [-0.2, 0) is 16.1 Å². The minimum Gasteiger partial charge on any atom is -0.307 e. The van der Waals surface area contributed by atoms with E-state index in [0.29, 0.717) is 6.54 Å². The van der Waals surface area contributed by atoms with Gasteiger partial charge in [-0.25, -0.2) is 0 Å². The Bertz CT molecular complexity index is 803. The predicted octanol–water partition coefficient (Wildman–Crippen LogP) is 3.76. The Balaban J connectivity index is 1.83. The summed E-state index contributed by atoms with van der Waals surface area (Å²) in [6.45, 7) is 2.13. The highest BCUT2D eigenvalue weighted by Crippen LogP contribution is 2.43. The highest BCUT2D eigenvalue weighted by Gasteiger charge is 2.44. The average molecular weight is 334 g/mol. The minimum atomic E-state index is -0.111. The van der Waals surface area contributed by atoms with Gasteiger partial charge in [-0.3, -0.25) is 9.59 Å². The molecule has 1 saturated carbocycles. The number of fused-ring (bicyclic) bond motifs is 2. The molecule has 0 spiro atoms. The van der Waals surface area contributed by atoms with Crippen LogP contribution in [0.1, 0.15) is 31.7 Å². The number of carbonyl (C=O) groups is 2. The van der Waals surface area contributed by atoms with Crippen LogP contribution in [0.4, 0.5) is 11.4 Å². The van der Waals surface area contributed by atoms with Crippen molar-refractivity contribution in [2.45, 2.75) is 38.8 Å². The highest BCUT2D eigenvalue weighted by atomic mass is 16.2. The summed E-state index contributed by atoms with van der Waals surface area (Å²) in [6, 6.07) is 17.8. The Morgan fingerprint density at radius 3 is 2.40 bits per heavy atom. The van der Waals surface area contributed by atoms with Crippen molar-refractivity contribution in [1.29, 1.82) is 0 Å². The maximum atomic E-state index is 13.4. The predicted molar refractivity (Wildman–Crippen MR) is 98.4 cm³/mol. The lowest BCUT2D eigenvalue weighted by molar-refractivity contribution is -0.123. The van der Waals surface area contributed by atoms with Gasteiger partial charge in [0, 0.05) is 13.0 Å². The molecule has 4 heteroatoms. The number of rotatable bonds is 2. The van der Waals surface area contributed by atoms with Crippen LogP contribution in [0.3, 0.4) is 0 Å². The van der Waals surface area contributed by atoms with Crippen molar-refractivity contribution in [2.24, 2.45) is 5.92 Å². The van der Waals surface area contributed by atoms with E-state index in [2.05, 4.69) is 0 Å².